The fraction of sp³-hybridized carbons (Fsp3) is 0.381. The summed E-state index contributed by atoms with van der Waals surface area (Å²) in [5.41, 5.74) is 1.51. The van der Waals surface area contributed by atoms with Crippen LogP contribution in [0.4, 0.5) is 4.79 Å². The highest BCUT2D eigenvalue weighted by atomic mass is 16.6. The number of rotatable bonds is 5. The van der Waals surface area contributed by atoms with Gasteiger partial charge in [-0.15, -0.1) is 0 Å². The van der Waals surface area contributed by atoms with E-state index in [1.165, 1.54) is 0 Å². The fourth-order valence-corrected chi connectivity index (χ4v) is 3.56. The standard InChI is InChI=1S/C21H25NO3/c23-17-21(15-18-9-3-1-4-10-18)13-7-8-14-22(21)20(24)25-16-19-11-5-2-6-12-19/h1-6,9-12,23H,7-8,13-17H2. The van der Waals surface area contributed by atoms with Gasteiger partial charge in [-0.2, -0.15) is 0 Å². The highest BCUT2D eigenvalue weighted by Crippen LogP contribution is 2.32. The number of hydrogen-bond acceptors (Lipinski definition) is 3. The molecule has 0 saturated carbocycles. The van der Waals surface area contributed by atoms with Crippen LogP contribution in [-0.2, 0) is 17.8 Å². The Hall–Kier alpha value is -2.33. The van der Waals surface area contributed by atoms with Gasteiger partial charge in [-0.05, 0) is 36.8 Å². The average Bonchev–Trinajstić information content (AvgIpc) is 2.68. The van der Waals surface area contributed by atoms with Gasteiger partial charge in [0.05, 0.1) is 12.1 Å². The summed E-state index contributed by atoms with van der Waals surface area (Å²) >= 11 is 0. The molecule has 0 radical (unpaired) electrons. The third kappa shape index (κ3) is 4.20. The molecule has 1 saturated heterocycles. The Labute approximate surface area is 149 Å². The molecule has 132 valence electrons. The van der Waals surface area contributed by atoms with Crippen LogP contribution < -0.4 is 0 Å². The number of carbonyl (C=O) groups excluding carboxylic acids is 1. The Morgan fingerprint density at radius 1 is 1.00 bits per heavy atom. The second kappa shape index (κ2) is 8.17. The molecule has 1 aliphatic rings. The van der Waals surface area contributed by atoms with E-state index >= 15 is 0 Å². The van der Waals surface area contributed by atoms with E-state index in [0.29, 0.717) is 13.0 Å². The molecule has 0 spiro atoms. The maximum Gasteiger partial charge on any atom is 0.410 e. The lowest BCUT2D eigenvalue weighted by atomic mass is 9.82. The minimum atomic E-state index is -0.576. The number of aliphatic hydroxyl groups is 1. The lowest BCUT2D eigenvalue weighted by molar-refractivity contribution is -0.00697. The van der Waals surface area contributed by atoms with Crippen molar-refractivity contribution < 1.29 is 14.6 Å². The summed E-state index contributed by atoms with van der Waals surface area (Å²) in [5.74, 6) is 0. The lowest BCUT2D eigenvalue weighted by Gasteiger charge is -2.45. The Bertz CT molecular complexity index is 674. The van der Waals surface area contributed by atoms with E-state index in [-0.39, 0.29) is 19.3 Å². The van der Waals surface area contributed by atoms with Crippen molar-refractivity contribution in [2.45, 2.75) is 37.8 Å². The summed E-state index contributed by atoms with van der Waals surface area (Å²) < 4.78 is 5.54. The summed E-state index contributed by atoms with van der Waals surface area (Å²) in [6, 6.07) is 19.7. The number of piperidine rings is 1. The van der Waals surface area contributed by atoms with E-state index < -0.39 is 5.54 Å². The van der Waals surface area contributed by atoms with Crippen LogP contribution in [-0.4, -0.2) is 34.8 Å². The van der Waals surface area contributed by atoms with E-state index in [4.69, 9.17) is 4.74 Å². The molecule has 1 heterocycles. The molecule has 0 aromatic heterocycles. The first kappa shape index (κ1) is 17.5. The smallest absolute Gasteiger partial charge is 0.410 e. The molecular weight excluding hydrogens is 314 g/mol. The molecular formula is C21H25NO3. The van der Waals surface area contributed by atoms with Crippen LogP contribution in [0.2, 0.25) is 0 Å². The normalized spacial score (nSPS) is 20.3. The molecule has 1 amide bonds. The van der Waals surface area contributed by atoms with Crippen LogP contribution in [0.3, 0.4) is 0 Å². The van der Waals surface area contributed by atoms with Gasteiger partial charge in [0.25, 0.3) is 0 Å². The number of carbonyl (C=O) groups is 1. The highest BCUT2D eigenvalue weighted by Gasteiger charge is 2.42. The van der Waals surface area contributed by atoms with E-state index in [9.17, 15) is 9.90 Å². The van der Waals surface area contributed by atoms with Crippen molar-refractivity contribution in [1.82, 2.24) is 4.90 Å². The topological polar surface area (TPSA) is 49.8 Å². The second-order valence-corrected chi connectivity index (χ2v) is 6.69. The number of likely N-dealkylation sites (tertiary alicyclic amines) is 1. The molecule has 1 aliphatic heterocycles. The van der Waals surface area contributed by atoms with Gasteiger partial charge in [0.15, 0.2) is 0 Å². The highest BCUT2D eigenvalue weighted by molar-refractivity contribution is 5.69. The molecule has 25 heavy (non-hydrogen) atoms. The second-order valence-electron chi connectivity index (χ2n) is 6.69. The molecule has 1 unspecified atom stereocenters. The third-order valence-corrected chi connectivity index (χ3v) is 4.94. The molecule has 4 nitrogen and oxygen atoms in total. The Balaban J connectivity index is 1.73. The Morgan fingerprint density at radius 3 is 2.28 bits per heavy atom. The van der Waals surface area contributed by atoms with Crippen LogP contribution in [0.1, 0.15) is 30.4 Å². The zero-order valence-electron chi connectivity index (χ0n) is 14.4. The first-order valence-electron chi connectivity index (χ1n) is 8.87. The van der Waals surface area contributed by atoms with Crippen molar-refractivity contribution in [2.75, 3.05) is 13.2 Å². The maximum absolute atomic E-state index is 12.7. The van der Waals surface area contributed by atoms with E-state index in [0.717, 1.165) is 30.4 Å². The summed E-state index contributed by atoms with van der Waals surface area (Å²) in [6.45, 7) is 0.826. The number of amides is 1. The first-order valence-corrected chi connectivity index (χ1v) is 8.87. The predicted molar refractivity (Wildman–Crippen MR) is 97.1 cm³/mol. The molecule has 1 atom stereocenters. The van der Waals surface area contributed by atoms with Crippen LogP contribution in [0.25, 0.3) is 0 Å². The van der Waals surface area contributed by atoms with Crippen LogP contribution in [0.15, 0.2) is 60.7 Å². The van der Waals surface area contributed by atoms with Gasteiger partial charge in [0, 0.05) is 6.54 Å². The van der Waals surface area contributed by atoms with Gasteiger partial charge < -0.3 is 9.84 Å². The van der Waals surface area contributed by atoms with Gasteiger partial charge in [-0.25, -0.2) is 4.79 Å². The Morgan fingerprint density at radius 2 is 1.64 bits per heavy atom. The van der Waals surface area contributed by atoms with Gasteiger partial charge in [-0.3, -0.25) is 4.90 Å². The maximum atomic E-state index is 12.7. The van der Waals surface area contributed by atoms with Gasteiger partial charge >= 0.3 is 6.09 Å². The quantitative estimate of drug-likeness (QED) is 0.902. The number of ether oxygens (including phenoxy) is 1. The minimum Gasteiger partial charge on any atom is -0.445 e. The molecule has 1 N–H and O–H groups in total. The largest absolute Gasteiger partial charge is 0.445 e. The SMILES string of the molecule is O=C(OCc1ccccc1)N1CCCCC1(CO)Cc1ccccc1. The molecule has 0 bridgehead atoms. The fourth-order valence-electron chi connectivity index (χ4n) is 3.56. The number of aliphatic hydroxyl groups excluding tert-OH is 1. The van der Waals surface area contributed by atoms with E-state index in [2.05, 4.69) is 0 Å². The van der Waals surface area contributed by atoms with Crippen molar-refractivity contribution in [3.63, 3.8) is 0 Å². The number of benzene rings is 2. The number of hydrogen-bond donors (Lipinski definition) is 1. The zero-order valence-corrected chi connectivity index (χ0v) is 14.4. The molecule has 0 aliphatic carbocycles. The summed E-state index contributed by atoms with van der Waals surface area (Å²) in [7, 11) is 0. The molecule has 2 aromatic rings. The van der Waals surface area contributed by atoms with E-state index in [1.54, 1.807) is 4.90 Å². The van der Waals surface area contributed by atoms with Crippen molar-refractivity contribution in [3.05, 3.63) is 71.8 Å². The average molecular weight is 339 g/mol. The van der Waals surface area contributed by atoms with Gasteiger partial charge in [0.2, 0.25) is 0 Å². The number of nitrogens with zero attached hydrogens (tertiary/aromatic N) is 1. The zero-order chi connectivity index (χ0) is 17.5. The Kier molecular flexibility index (Phi) is 5.71. The van der Waals surface area contributed by atoms with Crippen molar-refractivity contribution in [3.8, 4) is 0 Å². The summed E-state index contributed by atoms with van der Waals surface area (Å²) in [6.07, 6.45) is 3.05. The first-order chi connectivity index (χ1) is 12.2. The lowest BCUT2D eigenvalue weighted by Crippen LogP contribution is -2.58. The molecule has 4 heteroatoms. The van der Waals surface area contributed by atoms with E-state index in [1.807, 2.05) is 60.7 Å². The minimum absolute atomic E-state index is 0.0532. The van der Waals surface area contributed by atoms with Crippen molar-refractivity contribution in [1.29, 1.82) is 0 Å². The van der Waals surface area contributed by atoms with Crippen molar-refractivity contribution in [2.24, 2.45) is 0 Å². The summed E-state index contributed by atoms with van der Waals surface area (Å²) in [5, 5.41) is 10.2. The van der Waals surface area contributed by atoms with Crippen LogP contribution in [0.5, 0.6) is 0 Å². The molecule has 1 fully saturated rings. The summed E-state index contributed by atoms with van der Waals surface area (Å²) in [4.78, 5) is 14.5. The van der Waals surface area contributed by atoms with Gasteiger partial charge in [0.1, 0.15) is 6.61 Å². The molecule has 2 aromatic carbocycles. The van der Waals surface area contributed by atoms with Crippen LogP contribution in [0, 0.1) is 0 Å². The van der Waals surface area contributed by atoms with Crippen molar-refractivity contribution >= 4 is 6.09 Å². The van der Waals surface area contributed by atoms with Crippen LogP contribution >= 0.6 is 0 Å². The third-order valence-electron chi connectivity index (χ3n) is 4.94. The molecule has 3 rings (SSSR count). The predicted octanol–water partition coefficient (Wildman–Crippen LogP) is 3.78. The van der Waals surface area contributed by atoms with Gasteiger partial charge in [-0.1, -0.05) is 60.7 Å². The monoisotopic (exact) mass is 339 g/mol.